The van der Waals surface area contributed by atoms with Crippen molar-refractivity contribution in [1.29, 1.82) is 0 Å². The predicted molar refractivity (Wildman–Crippen MR) is 83.6 cm³/mol. The molecule has 0 fully saturated rings. The second kappa shape index (κ2) is 6.71. The summed E-state index contributed by atoms with van der Waals surface area (Å²) in [6, 6.07) is 12.9. The van der Waals surface area contributed by atoms with Gasteiger partial charge in [0, 0.05) is 21.9 Å². The maximum absolute atomic E-state index is 5.91. The van der Waals surface area contributed by atoms with Crippen LogP contribution in [0.1, 0.15) is 23.4 Å². The largest absolute Gasteiger partial charge is 0.310 e. The topological polar surface area (TPSA) is 12.0 Å². The molecule has 18 heavy (non-hydrogen) atoms. The van der Waals surface area contributed by atoms with Crippen molar-refractivity contribution in [2.75, 3.05) is 6.54 Å². The van der Waals surface area contributed by atoms with Crippen LogP contribution < -0.4 is 5.32 Å². The van der Waals surface area contributed by atoms with Gasteiger partial charge in [0.15, 0.2) is 0 Å². The number of thiophene rings is 1. The summed E-state index contributed by atoms with van der Waals surface area (Å²) in [5.74, 6) is 0. The first-order valence-corrected chi connectivity index (χ1v) is 7.87. The van der Waals surface area contributed by atoms with Gasteiger partial charge < -0.3 is 5.32 Å². The van der Waals surface area contributed by atoms with Crippen molar-refractivity contribution in [1.82, 2.24) is 5.32 Å². The molecule has 2 aromatic rings. The van der Waals surface area contributed by atoms with E-state index in [0.29, 0.717) is 6.04 Å². The Kier molecular flexibility index (Phi) is 5.25. The van der Waals surface area contributed by atoms with Crippen molar-refractivity contribution in [3.63, 3.8) is 0 Å². The molecule has 0 aliphatic heterocycles. The Hall–Kier alpha value is -0.350. The molecule has 1 nitrogen and oxygen atoms in total. The van der Waals surface area contributed by atoms with E-state index in [1.165, 1.54) is 10.4 Å². The summed E-state index contributed by atoms with van der Waals surface area (Å²) in [4.78, 5) is 1.33. The van der Waals surface area contributed by atoms with E-state index in [0.717, 1.165) is 21.8 Å². The lowest BCUT2D eigenvalue weighted by molar-refractivity contribution is 0.578. The molecule has 0 bridgehead atoms. The average Bonchev–Trinajstić information content (AvgIpc) is 2.76. The fourth-order valence-electron chi connectivity index (χ4n) is 1.77. The molecule has 96 valence electrons. The summed E-state index contributed by atoms with van der Waals surface area (Å²) in [5, 5.41) is 3.52. The third kappa shape index (κ3) is 4.09. The number of benzene rings is 1. The lowest BCUT2D eigenvalue weighted by Crippen LogP contribution is -2.21. The molecule has 4 heteroatoms. The molecule has 1 unspecified atom stereocenters. The minimum atomic E-state index is 0.369. The molecular weight excluding hydrogens is 330 g/mol. The SMILES string of the molecule is CC(NCCc1ccc(Cl)s1)c1ccc(Br)cc1. The first-order valence-electron chi connectivity index (χ1n) is 5.88. The van der Waals surface area contributed by atoms with Gasteiger partial charge in [-0.3, -0.25) is 0 Å². The first-order chi connectivity index (χ1) is 8.65. The van der Waals surface area contributed by atoms with Gasteiger partial charge in [0.05, 0.1) is 4.34 Å². The Labute approximate surface area is 125 Å². The average molecular weight is 345 g/mol. The molecule has 1 aromatic carbocycles. The van der Waals surface area contributed by atoms with E-state index in [1.807, 2.05) is 6.07 Å². The predicted octanol–water partition coefficient (Wildman–Crippen LogP) is 5.06. The minimum Gasteiger partial charge on any atom is -0.310 e. The summed E-state index contributed by atoms with van der Waals surface area (Å²) in [6.07, 6.45) is 1.03. The monoisotopic (exact) mass is 343 g/mol. The maximum Gasteiger partial charge on any atom is 0.0931 e. The van der Waals surface area contributed by atoms with Crippen molar-refractivity contribution in [3.8, 4) is 0 Å². The van der Waals surface area contributed by atoms with E-state index in [1.54, 1.807) is 11.3 Å². The van der Waals surface area contributed by atoms with E-state index in [-0.39, 0.29) is 0 Å². The molecule has 0 aliphatic carbocycles. The number of rotatable bonds is 5. The van der Waals surface area contributed by atoms with Crippen LogP contribution >= 0.6 is 38.9 Å². The van der Waals surface area contributed by atoms with Crippen LogP contribution in [0.3, 0.4) is 0 Å². The van der Waals surface area contributed by atoms with Crippen molar-refractivity contribution in [2.45, 2.75) is 19.4 Å². The highest BCUT2D eigenvalue weighted by atomic mass is 79.9. The van der Waals surface area contributed by atoms with Gasteiger partial charge in [0.2, 0.25) is 0 Å². The van der Waals surface area contributed by atoms with Crippen LogP contribution in [0.25, 0.3) is 0 Å². The van der Waals surface area contributed by atoms with Crippen LogP contribution in [0.5, 0.6) is 0 Å². The Balaban J connectivity index is 1.81. The van der Waals surface area contributed by atoms with Crippen molar-refractivity contribution in [3.05, 3.63) is 55.6 Å². The Morgan fingerprint density at radius 2 is 1.94 bits per heavy atom. The minimum absolute atomic E-state index is 0.369. The van der Waals surface area contributed by atoms with E-state index in [2.05, 4.69) is 58.5 Å². The maximum atomic E-state index is 5.91. The van der Waals surface area contributed by atoms with E-state index in [4.69, 9.17) is 11.6 Å². The zero-order chi connectivity index (χ0) is 13.0. The molecule has 2 rings (SSSR count). The molecule has 1 atom stereocenters. The fourth-order valence-corrected chi connectivity index (χ4v) is 3.12. The molecule has 1 aromatic heterocycles. The van der Waals surface area contributed by atoms with E-state index >= 15 is 0 Å². The molecule has 0 saturated heterocycles. The summed E-state index contributed by atoms with van der Waals surface area (Å²) >= 11 is 11.0. The highest BCUT2D eigenvalue weighted by molar-refractivity contribution is 9.10. The third-order valence-electron chi connectivity index (χ3n) is 2.82. The molecule has 1 heterocycles. The molecule has 1 N–H and O–H groups in total. The number of hydrogen-bond acceptors (Lipinski definition) is 2. The first kappa shape index (κ1) is 14.1. The van der Waals surface area contributed by atoms with E-state index < -0.39 is 0 Å². The Morgan fingerprint density at radius 1 is 1.22 bits per heavy atom. The van der Waals surface area contributed by atoms with E-state index in [9.17, 15) is 0 Å². The fraction of sp³-hybridized carbons (Fsp3) is 0.286. The van der Waals surface area contributed by atoms with Crippen molar-refractivity contribution < 1.29 is 0 Å². The molecule has 0 saturated carbocycles. The van der Waals surface area contributed by atoms with Gasteiger partial charge in [-0.25, -0.2) is 0 Å². The summed E-state index contributed by atoms with van der Waals surface area (Å²) in [6.45, 7) is 3.15. The van der Waals surface area contributed by atoms with Crippen LogP contribution in [0.4, 0.5) is 0 Å². The second-order valence-corrected chi connectivity index (χ2v) is 6.90. The Bertz CT molecular complexity index is 495. The molecule has 0 spiro atoms. The molecular formula is C14H15BrClNS. The van der Waals surface area contributed by atoms with Crippen LogP contribution in [-0.4, -0.2) is 6.54 Å². The standard InChI is InChI=1S/C14H15BrClNS/c1-10(11-2-4-12(15)5-3-11)17-9-8-13-6-7-14(16)18-13/h2-7,10,17H,8-9H2,1H3. The number of hydrogen-bond donors (Lipinski definition) is 1. The molecule has 0 amide bonds. The second-order valence-electron chi connectivity index (χ2n) is 4.18. The smallest absolute Gasteiger partial charge is 0.0931 e. The van der Waals surface area contributed by atoms with Crippen LogP contribution in [0, 0.1) is 0 Å². The molecule has 0 aliphatic rings. The highest BCUT2D eigenvalue weighted by Crippen LogP contribution is 2.22. The lowest BCUT2D eigenvalue weighted by Gasteiger charge is -2.13. The van der Waals surface area contributed by atoms with Crippen molar-refractivity contribution >= 4 is 38.9 Å². The summed E-state index contributed by atoms with van der Waals surface area (Å²) in [7, 11) is 0. The van der Waals surface area contributed by atoms with Crippen LogP contribution in [-0.2, 0) is 6.42 Å². The summed E-state index contributed by atoms with van der Waals surface area (Å²) in [5.41, 5.74) is 1.31. The van der Waals surface area contributed by atoms with Gasteiger partial charge >= 0.3 is 0 Å². The quantitative estimate of drug-likeness (QED) is 0.799. The van der Waals surface area contributed by atoms with Gasteiger partial charge in [-0.15, -0.1) is 11.3 Å². The zero-order valence-electron chi connectivity index (χ0n) is 10.1. The van der Waals surface area contributed by atoms with Gasteiger partial charge in [0.25, 0.3) is 0 Å². The van der Waals surface area contributed by atoms with Gasteiger partial charge in [-0.2, -0.15) is 0 Å². The third-order valence-corrected chi connectivity index (χ3v) is 4.64. The van der Waals surface area contributed by atoms with Gasteiger partial charge in [0.1, 0.15) is 0 Å². The zero-order valence-corrected chi connectivity index (χ0v) is 13.3. The Morgan fingerprint density at radius 3 is 2.56 bits per heavy atom. The van der Waals surface area contributed by atoms with Crippen LogP contribution in [0.2, 0.25) is 4.34 Å². The highest BCUT2D eigenvalue weighted by Gasteiger charge is 2.04. The number of halogens is 2. The molecule has 0 radical (unpaired) electrons. The summed E-state index contributed by atoms with van der Waals surface area (Å²) < 4.78 is 1.98. The van der Waals surface area contributed by atoms with Gasteiger partial charge in [-0.1, -0.05) is 39.7 Å². The normalized spacial score (nSPS) is 12.6. The van der Waals surface area contributed by atoms with Crippen LogP contribution in [0.15, 0.2) is 40.9 Å². The number of nitrogens with one attached hydrogen (secondary N) is 1. The lowest BCUT2D eigenvalue weighted by atomic mass is 10.1. The van der Waals surface area contributed by atoms with Gasteiger partial charge in [-0.05, 0) is 43.2 Å². The van der Waals surface area contributed by atoms with Crippen molar-refractivity contribution in [2.24, 2.45) is 0 Å².